The topological polar surface area (TPSA) is 46.6 Å². The van der Waals surface area contributed by atoms with Crippen LogP contribution in [0.15, 0.2) is 0 Å². The maximum atomic E-state index is 11.3. The van der Waals surface area contributed by atoms with Crippen LogP contribution in [0.3, 0.4) is 0 Å². The van der Waals surface area contributed by atoms with Crippen molar-refractivity contribution in [3.05, 3.63) is 0 Å². The molecule has 2 aliphatic heterocycles. The van der Waals surface area contributed by atoms with Crippen LogP contribution in [0.4, 0.5) is 0 Å². The van der Waals surface area contributed by atoms with Gasteiger partial charge in [0.1, 0.15) is 0 Å². The molecule has 76 valence electrons. The van der Waals surface area contributed by atoms with Gasteiger partial charge in [0.05, 0.1) is 26.2 Å². The predicted molar refractivity (Wildman–Crippen MR) is 47.5 cm³/mol. The van der Waals surface area contributed by atoms with Gasteiger partial charge in [-0.15, -0.1) is 0 Å². The fourth-order valence-electron chi connectivity index (χ4n) is 2.69. The first-order valence-electron chi connectivity index (χ1n) is 5.13. The van der Waals surface area contributed by atoms with Gasteiger partial charge in [0, 0.05) is 6.54 Å². The summed E-state index contributed by atoms with van der Waals surface area (Å²) >= 11 is 0. The highest BCUT2D eigenvalue weighted by Crippen LogP contribution is 2.51. The van der Waals surface area contributed by atoms with Crippen LogP contribution < -0.4 is 0 Å². The van der Waals surface area contributed by atoms with Gasteiger partial charge in [0.2, 0.25) is 5.91 Å². The number of amides is 1. The van der Waals surface area contributed by atoms with E-state index in [1.54, 1.807) is 4.90 Å². The zero-order chi connectivity index (χ0) is 9.71. The molecule has 4 nitrogen and oxygen atoms in total. The molecule has 2 unspecified atom stereocenters. The highest BCUT2D eigenvalue weighted by Gasteiger charge is 2.54. The van der Waals surface area contributed by atoms with Crippen molar-refractivity contribution in [2.24, 2.45) is 17.8 Å². The number of hydrogen-bond donors (Lipinski definition) is 0. The molecular formula is C10H13NO3. The van der Waals surface area contributed by atoms with Crippen molar-refractivity contribution >= 4 is 11.7 Å². The van der Waals surface area contributed by atoms with Crippen molar-refractivity contribution in [1.29, 1.82) is 0 Å². The SMILES string of the molecule is O=C1CC(=O)N(CC2C3COCC32)C1. The van der Waals surface area contributed by atoms with Crippen molar-refractivity contribution in [2.45, 2.75) is 6.42 Å². The van der Waals surface area contributed by atoms with Crippen molar-refractivity contribution in [1.82, 2.24) is 4.90 Å². The van der Waals surface area contributed by atoms with Crippen LogP contribution in [0.2, 0.25) is 0 Å². The van der Waals surface area contributed by atoms with Gasteiger partial charge in [-0.1, -0.05) is 0 Å². The van der Waals surface area contributed by atoms with Gasteiger partial charge >= 0.3 is 0 Å². The van der Waals surface area contributed by atoms with Crippen LogP contribution in [0.5, 0.6) is 0 Å². The smallest absolute Gasteiger partial charge is 0.230 e. The lowest BCUT2D eigenvalue weighted by Gasteiger charge is -2.15. The van der Waals surface area contributed by atoms with Crippen LogP contribution in [-0.2, 0) is 14.3 Å². The largest absolute Gasteiger partial charge is 0.381 e. The molecule has 0 bridgehead atoms. The lowest BCUT2D eigenvalue weighted by atomic mass is 10.3. The minimum atomic E-state index is 0.0147. The van der Waals surface area contributed by atoms with Gasteiger partial charge < -0.3 is 9.64 Å². The fourth-order valence-corrected chi connectivity index (χ4v) is 2.69. The first kappa shape index (κ1) is 8.41. The Labute approximate surface area is 82.2 Å². The summed E-state index contributed by atoms with van der Waals surface area (Å²) in [7, 11) is 0. The Morgan fingerprint density at radius 1 is 1.29 bits per heavy atom. The standard InChI is InChI=1S/C10H13NO3/c12-6-1-10(13)11(2-6)3-7-8-4-14-5-9(7)8/h7-9H,1-5H2. The van der Waals surface area contributed by atoms with E-state index in [-0.39, 0.29) is 18.1 Å². The van der Waals surface area contributed by atoms with E-state index in [0.717, 1.165) is 19.8 Å². The van der Waals surface area contributed by atoms with Crippen LogP contribution in [-0.4, -0.2) is 42.9 Å². The van der Waals surface area contributed by atoms with Crippen LogP contribution >= 0.6 is 0 Å². The summed E-state index contributed by atoms with van der Waals surface area (Å²) in [6.45, 7) is 2.83. The monoisotopic (exact) mass is 195 g/mol. The average molecular weight is 195 g/mol. The van der Waals surface area contributed by atoms with Crippen LogP contribution in [0, 0.1) is 17.8 Å². The molecule has 4 heteroatoms. The molecule has 0 N–H and O–H groups in total. The van der Waals surface area contributed by atoms with E-state index in [2.05, 4.69) is 0 Å². The highest BCUT2D eigenvalue weighted by molar-refractivity contribution is 6.05. The van der Waals surface area contributed by atoms with Gasteiger partial charge in [-0.3, -0.25) is 9.59 Å². The van der Waals surface area contributed by atoms with E-state index in [9.17, 15) is 9.59 Å². The second-order valence-corrected chi connectivity index (χ2v) is 4.52. The average Bonchev–Trinajstić information content (AvgIpc) is 2.52. The summed E-state index contributed by atoms with van der Waals surface area (Å²) in [5.74, 6) is 2.02. The minimum Gasteiger partial charge on any atom is -0.381 e. The van der Waals surface area contributed by atoms with Crippen LogP contribution in [0.1, 0.15) is 6.42 Å². The van der Waals surface area contributed by atoms with Crippen molar-refractivity contribution < 1.29 is 14.3 Å². The van der Waals surface area contributed by atoms with E-state index in [1.807, 2.05) is 0 Å². The molecule has 3 rings (SSSR count). The Bertz CT molecular complexity index is 292. The molecule has 0 aromatic carbocycles. The second kappa shape index (κ2) is 2.79. The van der Waals surface area contributed by atoms with Crippen LogP contribution in [0.25, 0.3) is 0 Å². The number of ketones is 1. The second-order valence-electron chi connectivity index (χ2n) is 4.52. The molecule has 1 saturated carbocycles. The third-order valence-corrected chi connectivity index (χ3v) is 3.63. The Balaban J connectivity index is 1.58. The lowest BCUT2D eigenvalue weighted by molar-refractivity contribution is -0.128. The molecule has 0 aromatic heterocycles. The maximum absolute atomic E-state index is 11.3. The zero-order valence-corrected chi connectivity index (χ0v) is 7.94. The van der Waals surface area contributed by atoms with E-state index >= 15 is 0 Å². The molecule has 1 aliphatic carbocycles. The van der Waals surface area contributed by atoms with E-state index in [0.29, 0.717) is 24.3 Å². The van der Waals surface area contributed by atoms with Gasteiger partial charge in [-0.2, -0.15) is 0 Å². The third kappa shape index (κ3) is 1.17. The molecule has 0 radical (unpaired) electrons. The summed E-state index contributed by atoms with van der Waals surface area (Å²) < 4.78 is 5.28. The molecule has 3 fully saturated rings. The van der Waals surface area contributed by atoms with Gasteiger partial charge in [-0.05, 0) is 17.8 Å². The molecule has 2 saturated heterocycles. The third-order valence-electron chi connectivity index (χ3n) is 3.63. The number of rotatable bonds is 2. The first-order valence-corrected chi connectivity index (χ1v) is 5.13. The maximum Gasteiger partial charge on any atom is 0.230 e. The van der Waals surface area contributed by atoms with Crippen molar-refractivity contribution in [3.8, 4) is 0 Å². The van der Waals surface area contributed by atoms with E-state index in [4.69, 9.17) is 4.74 Å². The Morgan fingerprint density at radius 2 is 2.00 bits per heavy atom. The summed E-state index contributed by atoms with van der Waals surface area (Å²) in [4.78, 5) is 24.1. The molecule has 0 spiro atoms. The number of carbonyl (C=O) groups excluding carboxylic acids is 2. The molecule has 3 aliphatic rings. The number of hydrogen-bond acceptors (Lipinski definition) is 3. The normalized spacial score (nSPS) is 40.6. The number of Topliss-reactive ketones (excluding diaryl/α,β-unsaturated/α-hetero) is 1. The number of fused-ring (bicyclic) bond motifs is 1. The van der Waals surface area contributed by atoms with Gasteiger partial charge in [0.25, 0.3) is 0 Å². The number of nitrogens with zero attached hydrogens (tertiary/aromatic N) is 1. The van der Waals surface area contributed by atoms with Gasteiger partial charge in [-0.25, -0.2) is 0 Å². The molecule has 2 atom stereocenters. The number of ether oxygens (including phenoxy) is 1. The fraction of sp³-hybridized carbons (Fsp3) is 0.800. The highest BCUT2D eigenvalue weighted by atomic mass is 16.5. The van der Waals surface area contributed by atoms with E-state index in [1.165, 1.54) is 0 Å². The summed E-state index contributed by atoms with van der Waals surface area (Å²) in [5.41, 5.74) is 0. The Hall–Kier alpha value is -0.900. The van der Waals surface area contributed by atoms with Crippen molar-refractivity contribution in [3.63, 3.8) is 0 Å². The zero-order valence-electron chi connectivity index (χ0n) is 7.94. The Kier molecular flexibility index (Phi) is 1.68. The minimum absolute atomic E-state index is 0.0147. The Morgan fingerprint density at radius 3 is 2.57 bits per heavy atom. The summed E-state index contributed by atoms with van der Waals surface area (Å²) in [6, 6.07) is 0. The number of likely N-dealkylation sites (tertiary alicyclic amines) is 1. The molecule has 0 aromatic rings. The summed E-state index contributed by atoms with van der Waals surface area (Å²) in [5, 5.41) is 0. The molecular weight excluding hydrogens is 182 g/mol. The lowest BCUT2D eigenvalue weighted by Crippen LogP contribution is -2.29. The molecule has 1 amide bonds. The molecule has 14 heavy (non-hydrogen) atoms. The van der Waals surface area contributed by atoms with E-state index < -0.39 is 0 Å². The quantitative estimate of drug-likeness (QED) is 0.567. The summed E-state index contributed by atoms with van der Waals surface area (Å²) in [6.07, 6.45) is 0.124. The van der Waals surface area contributed by atoms with Gasteiger partial charge in [0.15, 0.2) is 5.78 Å². The molecule has 2 heterocycles. The number of carbonyl (C=O) groups is 2. The predicted octanol–water partition coefficient (Wildman–Crippen LogP) is -0.320. The first-order chi connectivity index (χ1) is 6.75. The van der Waals surface area contributed by atoms with Crippen molar-refractivity contribution in [2.75, 3.05) is 26.3 Å².